The van der Waals surface area contributed by atoms with Crippen LogP contribution in [-0.4, -0.2) is 89.8 Å². The number of likely N-dealkylation sites (tertiary alicyclic amines) is 1. The molecule has 0 aliphatic carbocycles. The predicted octanol–water partition coefficient (Wildman–Crippen LogP) is 2.36. The lowest BCUT2D eigenvalue weighted by molar-refractivity contribution is -0.384. The molecule has 3 saturated heterocycles. The fraction of sp³-hybridized carbons (Fsp3) is 0.667. The predicted molar refractivity (Wildman–Crippen MR) is 126 cm³/mol. The highest BCUT2D eigenvalue weighted by atomic mass is 16.6. The van der Waals surface area contributed by atoms with E-state index in [0.29, 0.717) is 57.3 Å². The quantitative estimate of drug-likeness (QED) is 0.498. The molecule has 180 valence electrons. The van der Waals surface area contributed by atoms with Gasteiger partial charge in [0.25, 0.3) is 5.69 Å². The highest BCUT2D eigenvalue weighted by molar-refractivity contribution is 5.80. The van der Waals surface area contributed by atoms with Crippen LogP contribution in [0.5, 0.6) is 0 Å². The van der Waals surface area contributed by atoms with Crippen LogP contribution in [0.1, 0.15) is 39.0 Å². The van der Waals surface area contributed by atoms with Gasteiger partial charge in [-0.2, -0.15) is 0 Å². The Balaban J connectivity index is 1.24. The van der Waals surface area contributed by atoms with Gasteiger partial charge in [-0.25, -0.2) is 0 Å². The number of para-hydroxylation sites is 2. The summed E-state index contributed by atoms with van der Waals surface area (Å²) in [6, 6.07) is 7.14. The van der Waals surface area contributed by atoms with Gasteiger partial charge in [-0.05, 0) is 45.1 Å². The molecule has 1 unspecified atom stereocenters. The monoisotopic (exact) mass is 457 g/mol. The van der Waals surface area contributed by atoms with Crippen LogP contribution >= 0.6 is 0 Å². The van der Waals surface area contributed by atoms with Crippen LogP contribution in [0, 0.1) is 16.0 Å². The maximum absolute atomic E-state index is 13.1. The van der Waals surface area contributed by atoms with Crippen molar-refractivity contribution in [1.82, 2.24) is 14.7 Å². The SMILES string of the molecule is CC1CCCCN1C(=O)CN1CCN(C(=O)C2CCN(c3ccccc3[N+](=O)[O-])CC2)CC1. The number of nitro benzene ring substituents is 1. The first-order valence-corrected chi connectivity index (χ1v) is 12.2. The van der Waals surface area contributed by atoms with Crippen molar-refractivity contribution in [3.05, 3.63) is 34.4 Å². The summed E-state index contributed by atoms with van der Waals surface area (Å²) in [6.07, 6.45) is 4.79. The summed E-state index contributed by atoms with van der Waals surface area (Å²) in [5.74, 6) is 0.364. The van der Waals surface area contributed by atoms with Crippen molar-refractivity contribution < 1.29 is 14.5 Å². The number of anilines is 1. The number of hydrogen-bond donors (Lipinski definition) is 0. The van der Waals surface area contributed by atoms with E-state index in [1.54, 1.807) is 12.1 Å². The van der Waals surface area contributed by atoms with Crippen molar-refractivity contribution in [2.75, 3.05) is 57.3 Å². The first-order valence-electron chi connectivity index (χ1n) is 12.2. The lowest BCUT2D eigenvalue weighted by Gasteiger charge is -2.40. The van der Waals surface area contributed by atoms with Crippen molar-refractivity contribution in [2.45, 2.75) is 45.1 Å². The zero-order chi connectivity index (χ0) is 23.4. The van der Waals surface area contributed by atoms with Crippen LogP contribution in [-0.2, 0) is 9.59 Å². The van der Waals surface area contributed by atoms with E-state index in [4.69, 9.17) is 0 Å². The Labute approximate surface area is 195 Å². The number of carbonyl (C=O) groups is 2. The topological polar surface area (TPSA) is 90.2 Å². The molecule has 0 spiro atoms. The first-order chi connectivity index (χ1) is 15.9. The fourth-order valence-corrected chi connectivity index (χ4v) is 5.39. The van der Waals surface area contributed by atoms with Crippen LogP contribution in [0.3, 0.4) is 0 Å². The third kappa shape index (κ3) is 5.46. The Kier molecular flexibility index (Phi) is 7.47. The number of carbonyl (C=O) groups excluding carboxylic acids is 2. The summed E-state index contributed by atoms with van der Waals surface area (Å²) in [4.78, 5) is 44.9. The zero-order valence-corrected chi connectivity index (χ0v) is 19.5. The average molecular weight is 458 g/mol. The van der Waals surface area contributed by atoms with E-state index in [0.717, 1.165) is 32.5 Å². The molecule has 9 heteroatoms. The molecule has 1 aromatic rings. The molecule has 1 aromatic carbocycles. The van der Waals surface area contributed by atoms with Crippen molar-refractivity contribution in [3.63, 3.8) is 0 Å². The van der Waals surface area contributed by atoms with Crippen molar-refractivity contribution in [1.29, 1.82) is 0 Å². The van der Waals surface area contributed by atoms with E-state index < -0.39 is 0 Å². The molecule has 33 heavy (non-hydrogen) atoms. The minimum atomic E-state index is -0.345. The molecular weight excluding hydrogens is 422 g/mol. The summed E-state index contributed by atoms with van der Waals surface area (Å²) in [7, 11) is 0. The van der Waals surface area contributed by atoms with E-state index >= 15 is 0 Å². The second-order valence-electron chi connectivity index (χ2n) is 9.54. The van der Waals surface area contributed by atoms with Crippen LogP contribution in [0.2, 0.25) is 0 Å². The molecule has 0 aromatic heterocycles. The Morgan fingerprint density at radius 1 is 0.970 bits per heavy atom. The zero-order valence-electron chi connectivity index (χ0n) is 19.5. The number of benzene rings is 1. The summed E-state index contributed by atoms with van der Waals surface area (Å²) < 4.78 is 0. The lowest BCUT2D eigenvalue weighted by atomic mass is 9.94. The number of nitrogens with zero attached hydrogens (tertiary/aromatic N) is 5. The van der Waals surface area contributed by atoms with Gasteiger partial charge in [0.2, 0.25) is 11.8 Å². The summed E-state index contributed by atoms with van der Waals surface area (Å²) in [6.45, 7) is 7.51. The molecule has 0 N–H and O–H groups in total. The highest BCUT2D eigenvalue weighted by Gasteiger charge is 2.33. The van der Waals surface area contributed by atoms with Crippen LogP contribution in [0.4, 0.5) is 11.4 Å². The molecule has 2 amide bonds. The Bertz CT molecular complexity index is 862. The molecule has 3 aliphatic heterocycles. The van der Waals surface area contributed by atoms with Gasteiger partial charge < -0.3 is 14.7 Å². The van der Waals surface area contributed by atoms with Gasteiger partial charge in [-0.1, -0.05) is 12.1 Å². The van der Waals surface area contributed by atoms with Crippen LogP contribution in [0.15, 0.2) is 24.3 Å². The lowest BCUT2D eigenvalue weighted by Crippen LogP contribution is -2.54. The van der Waals surface area contributed by atoms with Gasteiger partial charge in [0, 0.05) is 63.8 Å². The molecule has 0 bridgehead atoms. The Morgan fingerprint density at radius 2 is 1.67 bits per heavy atom. The van der Waals surface area contributed by atoms with Crippen molar-refractivity contribution in [2.24, 2.45) is 5.92 Å². The smallest absolute Gasteiger partial charge is 0.292 e. The van der Waals surface area contributed by atoms with Crippen molar-refractivity contribution in [3.8, 4) is 0 Å². The molecule has 4 rings (SSSR count). The molecule has 9 nitrogen and oxygen atoms in total. The Morgan fingerprint density at radius 3 is 2.33 bits per heavy atom. The normalized spacial score (nSPS) is 22.9. The molecule has 0 saturated carbocycles. The number of amides is 2. The number of piperidine rings is 2. The van der Waals surface area contributed by atoms with E-state index in [-0.39, 0.29) is 28.3 Å². The first kappa shape index (κ1) is 23.5. The van der Waals surface area contributed by atoms with Gasteiger partial charge in [-0.3, -0.25) is 24.6 Å². The minimum Gasteiger partial charge on any atom is -0.366 e. The van der Waals surface area contributed by atoms with E-state index in [1.807, 2.05) is 20.8 Å². The van der Waals surface area contributed by atoms with E-state index in [1.165, 1.54) is 12.5 Å². The number of hydrogen-bond acceptors (Lipinski definition) is 6. The van der Waals surface area contributed by atoms with Gasteiger partial charge in [0.1, 0.15) is 5.69 Å². The number of nitro groups is 1. The van der Waals surface area contributed by atoms with Gasteiger partial charge in [0.15, 0.2) is 0 Å². The standard InChI is InChI=1S/C24H35N5O4/c1-19-6-4-5-11-28(19)23(30)18-25-14-16-27(17-15-25)24(31)20-9-12-26(13-10-20)21-7-2-3-8-22(21)29(32)33/h2-3,7-8,19-20H,4-6,9-18H2,1H3. The molecule has 3 fully saturated rings. The number of piperazine rings is 1. The highest BCUT2D eigenvalue weighted by Crippen LogP contribution is 2.31. The second-order valence-corrected chi connectivity index (χ2v) is 9.54. The fourth-order valence-electron chi connectivity index (χ4n) is 5.39. The summed E-state index contributed by atoms with van der Waals surface area (Å²) in [5, 5.41) is 11.3. The van der Waals surface area contributed by atoms with Crippen LogP contribution < -0.4 is 4.90 Å². The van der Waals surface area contributed by atoms with E-state index in [2.05, 4.69) is 11.8 Å². The third-order valence-corrected chi connectivity index (χ3v) is 7.43. The molecule has 0 radical (unpaired) electrons. The summed E-state index contributed by atoms with van der Waals surface area (Å²) in [5.41, 5.74) is 0.751. The summed E-state index contributed by atoms with van der Waals surface area (Å²) >= 11 is 0. The maximum Gasteiger partial charge on any atom is 0.292 e. The largest absolute Gasteiger partial charge is 0.366 e. The molecule has 3 heterocycles. The third-order valence-electron chi connectivity index (χ3n) is 7.43. The molecule has 1 atom stereocenters. The minimum absolute atomic E-state index is 0.0357. The number of rotatable bonds is 5. The van der Waals surface area contributed by atoms with Crippen LogP contribution in [0.25, 0.3) is 0 Å². The van der Waals surface area contributed by atoms with Gasteiger partial charge in [0.05, 0.1) is 11.5 Å². The Hall–Kier alpha value is -2.68. The average Bonchev–Trinajstić information content (AvgIpc) is 2.84. The second kappa shape index (κ2) is 10.5. The molecule has 3 aliphatic rings. The van der Waals surface area contributed by atoms with Gasteiger partial charge >= 0.3 is 0 Å². The molecular formula is C24H35N5O4. The van der Waals surface area contributed by atoms with Crippen molar-refractivity contribution >= 4 is 23.2 Å². The maximum atomic E-state index is 13.1. The van der Waals surface area contributed by atoms with Gasteiger partial charge in [-0.15, -0.1) is 0 Å². The van der Waals surface area contributed by atoms with E-state index in [9.17, 15) is 19.7 Å².